The molecule has 1 aromatic rings. The third kappa shape index (κ3) is 5.62. The van der Waals surface area contributed by atoms with Crippen LogP contribution in [-0.4, -0.2) is 18.2 Å². The molecule has 1 aromatic carbocycles. The van der Waals surface area contributed by atoms with Crippen molar-refractivity contribution in [2.45, 2.75) is 39.3 Å². The number of halogens is 2. The zero-order valence-electron chi connectivity index (χ0n) is 10.7. The summed E-state index contributed by atoms with van der Waals surface area (Å²) in [5.74, 6) is 0.739. The molecule has 2 nitrogen and oxygen atoms in total. The molecule has 0 spiro atoms. The highest BCUT2D eigenvalue weighted by Gasteiger charge is 2.12. The van der Waals surface area contributed by atoms with Gasteiger partial charge >= 0.3 is 0 Å². The van der Waals surface area contributed by atoms with Gasteiger partial charge in [0.25, 0.3) is 0 Å². The fourth-order valence-corrected chi connectivity index (χ4v) is 1.56. The van der Waals surface area contributed by atoms with Gasteiger partial charge in [0, 0.05) is 18.2 Å². The Kier molecular flexibility index (Phi) is 5.11. The van der Waals surface area contributed by atoms with Gasteiger partial charge in [-0.25, -0.2) is 0 Å². The Balaban J connectivity index is 2.50. The third-order valence-corrected chi connectivity index (χ3v) is 2.89. The molecule has 1 rings (SSSR count). The standard InChI is InChI=1S/C13H19Cl2NO/c1-9(8-16-13(2,3)4)17-10-5-6-11(14)12(15)7-10/h5-7,9,16H,8H2,1-4H3. The van der Waals surface area contributed by atoms with E-state index >= 15 is 0 Å². The molecule has 0 heterocycles. The van der Waals surface area contributed by atoms with Crippen LogP contribution in [-0.2, 0) is 0 Å². The molecule has 17 heavy (non-hydrogen) atoms. The summed E-state index contributed by atoms with van der Waals surface area (Å²) >= 11 is 11.8. The lowest BCUT2D eigenvalue weighted by Gasteiger charge is -2.24. The molecule has 0 aromatic heterocycles. The first-order valence-electron chi connectivity index (χ1n) is 5.64. The first-order chi connectivity index (χ1) is 7.78. The van der Waals surface area contributed by atoms with Crippen LogP contribution < -0.4 is 10.1 Å². The smallest absolute Gasteiger partial charge is 0.121 e. The molecule has 0 aliphatic carbocycles. The van der Waals surface area contributed by atoms with E-state index in [9.17, 15) is 0 Å². The first-order valence-corrected chi connectivity index (χ1v) is 6.40. The topological polar surface area (TPSA) is 21.3 Å². The molecule has 0 saturated carbocycles. The summed E-state index contributed by atoms with van der Waals surface area (Å²) in [6.45, 7) is 9.17. The lowest BCUT2D eigenvalue weighted by atomic mass is 10.1. The normalized spacial score (nSPS) is 13.5. The van der Waals surface area contributed by atoms with Gasteiger partial charge in [-0.05, 0) is 39.8 Å². The van der Waals surface area contributed by atoms with Crippen molar-refractivity contribution < 1.29 is 4.74 Å². The van der Waals surface area contributed by atoms with Crippen LogP contribution in [0.4, 0.5) is 0 Å². The van der Waals surface area contributed by atoms with Gasteiger partial charge in [0.05, 0.1) is 10.0 Å². The van der Waals surface area contributed by atoms with Crippen LogP contribution in [0.15, 0.2) is 18.2 Å². The fraction of sp³-hybridized carbons (Fsp3) is 0.538. The van der Waals surface area contributed by atoms with Crippen molar-refractivity contribution in [3.63, 3.8) is 0 Å². The van der Waals surface area contributed by atoms with Crippen LogP contribution in [0.5, 0.6) is 5.75 Å². The summed E-state index contributed by atoms with van der Waals surface area (Å²) in [4.78, 5) is 0. The van der Waals surface area contributed by atoms with E-state index in [1.54, 1.807) is 12.1 Å². The monoisotopic (exact) mass is 275 g/mol. The zero-order chi connectivity index (χ0) is 13.1. The summed E-state index contributed by atoms with van der Waals surface area (Å²) in [6.07, 6.45) is 0.0754. The predicted octanol–water partition coefficient (Wildman–Crippen LogP) is 4.15. The van der Waals surface area contributed by atoms with Crippen molar-refractivity contribution in [2.24, 2.45) is 0 Å². The molecule has 0 bridgehead atoms. The number of ether oxygens (including phenoxy) is 1. The zero-order valence-corrected chi connectivity index (χ0v) is 12.2. The van der Waals surface area contributed by atoms with Crippen molar-refractivity contribution in [1.82, 2.24) is 5.32 Å². The molecule has 0 radical (unpaired) electrons. The van der Waals surface area contributed by atoms with E-state index in [1.807, 2.05) is 13.0 Å². The van der Waals surface area contributed by atoms with E-state index in [2.05, 4.69) is 26.1 Å². The molecule has 0 fully saturated rings. The van der Waals surface area contributed by atoms with E-state index in [4.69, 9.17) is 27.9 Å². The molecule has 0 saturated heterocycles. The summed E-state index contributed by atoms with van der Waals surface area (Å²) in [5, 5.41) is 4.44. The van der Waals surface area contributed by atoms with Crippen LogP contribution in [0.1, 0.15) is 27.7 Å². The highest BCUT2D eigenvalue weighted by atomic mass is 35.5. The van der Waals surface area contributed by atoms with E-state index in [0.29, 0.717) is 10.0 Å². The van der Waals surface area contributed by atoms with Gasteiger partial charge in [-0.15, -0.1) is 0 Å². The molecule has 1 unspecified atom stereocenters. The lowest BCUT2D eigenvalue weighted by molar-refractivity contribution is 0.203. The van der Waals surface area contributed by atoms with Crippen molar-refractivity contribution in [3.8, 4) is 5.75 Å². The largest absolute Gasteiger partial charge is 0.489 e. The predicted molar refractivity (Wildman–Crippen MR) is 74.3 cm³/mol. The van der Waals surface area contributed by atoms with Gasteiger partial charge in [0.1, 0.15) is 11.9 Å². The lowest BCUT2D eigenvalue weighted by Crippen LogP contribution is -2.41. The summed E-state index contributed by atoms with van der Waals surface area (Å²) in [6, 6.07) is 5.29. The SMILES string of the molecule is CC(CNC(C)(C)C)Oc1ccc(Cl)c(Cl)c1. The average molecular weight is 276 g/mol. The van der Waals surface area contributed by atoms with Crippen LogP contribution in [0.25, 0.3) is 0 Å². The maximum atomic E-state index is 5.92. The summed E-state index contributed by atoms with van der Waals surface area (Å²) < 4.78 is 5.74. The van der Waals surface area contributed by atoms with Gasteiger partial charge < -0.3 is 10.1 Å². The molecule has 96 valence electrons. The van der Waals surface area contributed by atoms with Crippen LogP contribution in [0, 0.1) is 0 Å². The molecule has 4 heteroatoms. The quantitative estimate of drug-likeness (QED) is 0.892. The van der Waals surface area contributed by atoms with Crippen molar-refractivity contribution in [3.05, 3.63) is 28.2 Å². The highest BCUT2D eigenvalue weighted by molar-refractivity contribution is 6.42. The Morgan fingerprint density at radius 2 is 1.88 bits per heavy atom. The molecule has 0 amide bonds. The number of hydrogen-bond donors (Lipinski definition) is 1. The Morgan fingerprint density at radius 1 is 1.24 bits per heavy atom. The van der Waals surface area contributed by atoms with Crippen molar-refractivity contribution >= 4 is 23.2 Å². The number of nitrogens with one attached hydrogen (secondary N) is 1. The maximum Gasteiger partial charge on any atom is 0.121 e. The van der Waals surface area contributed by atoms with Crippen LogP contribution in [0.2, 0.25) is 10.0 Å². The molecule has 1 atom stereocenters. The highest BCUT2D eigenvalue weighted by Crippen LogP contribution is 2.26. The van der Waals surface area contributed by atoms with E-state index in [0.717, 1.165) is 12.3 Å². The number of benzene rings is 1. The Morgan fingerprint density at radius 3 is 2.41 bits per heavy atom. The van der Waals surface area contributed by atoms with Gasteiger partial charge in [0.15, 0.2) is 0 Å². The van der Waals surface area contributed by atoms with Gasteiger partial charge in [-0.1, -0.05) is 23.2 Å². The number of hydrogen-bond acceptors (Lipinski definition) is 2. The van der Waals surface area contributed by atoms with Gasteiger partial charge in [0.2, 0.25) is 0 Å². The second-order valence-electron chi connectivity index (χ2n) is 5.14. The Bertz CT molecular complexity index is 374. The minimum Gasteiger partial charge on any atom is -0.489 e. The molecule has 0 aliphatic heterocycles. The second kappa shape index (κ2) is 5.94. The van der Waals surface area contributed by atoms with E-state index in [-0.39, 0.29) is 11.6 Å². The fourth-order valence-electron chi connectivity index (χ4n) is 1.27. The summed E-state index contributed by atoms with van der Waals surface area (Å²) in [7, 11) is 0. The van der Waals surface area contributed by atoms with E-state index < -0.39 is 0 Å². The van der Waals surface area contributed by atoms with Crippen LogP contribution >= 0.6 is 23.2 Å². The molecule has 0 aliphatic rings. The molecular formula is C13H19Cl2NO. The molecule has 1 N–H and O–H groups in total. The minimum absolute atomic E-state index is 0.0754. The minimum atomic E-state index is 0.0754. The van der Waals surface area contributed by atoms with Crippen molar-refractivity contribution in [2.75, 3.05) is 6.54 Å². The Hall–Kier alpha value is -0.440. The average Bonchev–Trinajstić information content (AvgIpc) is 2.20. The van der Waals surface area contributed by atoms with Crippen LogP contribution in [0.3, 0.4) is 0 Å². The second-order valence-corrected chi connectivity index (χ2v) is 5.95. The van der Waals surface area contributed by atoms with Gasteiger partial charge in [-0.2, -0.15) is 0 Å². The molecular weight excluding hydrogens is 257 g/mol. The third-order valence-electron chi connectivity index (χ3n) is 2.15. The van der Waals surface area contributed by atoms with Crippen molar-refractivity contribution in [1.29, 1.82) is 0 Å². The summed E-state index contributed by atoms with van der Waals surface area (Å²) in [5.41, 5.74) is 0.0925. The maximum absolute atomic E-state index is 5.92. The first kappa shape index (κ1) is 14.6. The Labute approximate surface area is 113 Å². The number of rotatable bonds is 4. The van der Waals surface area contributed by atoms with Gasteiger partial charge in [-0.3, -0.25) is 0 Å². The van der Waals surface area contributed by atoms with E-state index in [1.165, 1.54) is 0 Å².